The molecule has 1 aromatic heterocycles. The quantitative estimate of drug-likeness (QED) is 0.319. The fraction of sp³-hybridized carbons (Fsp3) is 0.639. The van der Waals surface area contributed by atoms with E-state index in [9.17, 15) is 19.2 Å². The second-order valence-corrected chi connectivity index (χ2v) is 14.9. The Labute approximate surface area is 288 Å². The van der Waals surface area contributed by atoms with Crippen molar-refractivity contribution < 1.29 is 42.9 Å². The summed E-state index contributed by atoms with van der Waals surface area (Å²) < 4.78 is 28.4. The van der Waals surface area contributed by atoms with Crippen molar-refractivity contribution in [1.29, 1.82) is 0 Å². The zero-order valence-corrected chi connectivity index (χ0v) is 30.6. The molecule has 2 fully saturated rings. The van der Waals surface area contributed by atoms with Crippen LogP contribution in [-0.2, 0) is 23.9 Å². The molecule has 2 heterocycles. The fourth-order valence-corrected chi connectivity index (χ4v) is 6.45. The lowest BCUT2D eigenvalue weighted by Gasteiger charge is -2.36. The van der Waals surface area contributed by atoms with Gasteiger partial charge in [-0.15, -0.1) is 0 Å². The Morgan fingerprint density at radius 1 is 1.06 bits per heavy atom. The summed E-state index contributed by atoms with van der Waals surface area (Å²) in [7, 11) is 2.88. The van der Waals surface area contributed by atoms with Gasteiger partial charge in [-0.25, -0.2) is 14.6 Å². The van der Waals surface area contributed by atoms with Crippen molar-refractivity contribution >= 4 is 34.8 Å². The van der Waals surface area contributed by atoms with Gasteiger partial charge in [0.1, 0.15) is 40.8 Å². The molecule has 2 aliphatic rings. The molecular formula is C36H52N4O9. The van der Waals surface area contributed by atoms with E-state index >= 15 is 0 Å². The van der Waals surface area contributed by atoms with Gasteiger partial charge in [-0.2, -0.15) is 0 Å². The summed E-state index contributed by atoms with van der Waals surface area (Å²) in [4.78, 5) is 60.5. The number of nitrogens with zero attached hydrogens (tertiary/aromatic N) is 2. The third-order valence-corrected chi connectivity index (χ3v) is 9.05. The van der Waals surface area contributed by atoms with Gasteiger partial charge in [0.2, 0.25) is 17.7 Å². The molecule has 2 N–H and O–H groups in total. The van der Waals surface area contributed by atoms with Gasteiger partial charge >= 0.3 is 12.1 Å². The van der Waals surface area contributed by atoms with Crippen LogP contribution in [0.25, 0.3) is 10.9 Å². The molecule has 5 unspecified atom stereocenters. The first-order chi connectivity index (χ1) is 22.9. The van der Waals surface area contributed by atoms with E-state index < -0.39 is 58.6 Å². The zero-order valence-electron chi connectivity index (χ0n) is 30.6. The number of benzene rings is 1. The average molecular weight is 685 g/mol. The van der Waals surface area contributed by atoms with E-state index in [0.717, 1.165) is 5.56 Å². The van der Waals surface area contributed by atoms with Crippen LogP contribution >= 0.6 is 0 Å². The Bertz CT molecular complexity index is 1580. The van der Waals surface area contributed by atoms with Crippen LogP contribution in [0.3, 0.4) is 0 Å². The van der Waals surface area contributed by atoms with Gasteiger partial charge in [0, 0.05) is 23.4 Å². The summed E-state index contributed by atoms with van der Waals surface area (Å²) in [5.74, 6) is -0.0992. The molecule has 1 saturated carbocycles. The van der Waals surface area contributed by atoms with Gasteiger partial charge in [-0.3, -0.25) is 9.59 Å². The molecule has 49 heavy (non-hydrogen) atoms. The van der Waals surface area contributed by atoms with Crippen LogP contribution in [0.2, 0.25) is 0 Å². The van der Waals surface area contributed by atoms with E-state index in [1.54, 1.807) is 33.9 Å². The van der Waals surface area contributed by atoms with Crippen molar-refractivity contribution in [1.82, 2.24) is 20.5 Å². The molecule has 2 aromatic rings. The summed E-state index contributed by atoms with van der Waals surface area (Å²) in [6, 6.07) is 3.32. The number of aryl methyl sites for hydroxylation is 1. The Kier molecular flexibility index (Phi) is 10.9. The average Bonchev–Trinajstić information content (AvgIpc) is 3.57. The number of hydrogen-bond donors (Lipinski definition) is 2. The first-order valence-corrected chi connectivity index (χ1v) is 16.9. The standard InChI is InChI=1S/C36H52N4O9/c1-12-21-18-36(21,32(43)46-11)39-30(41)24-16-22(19-40(24)31(42)29(34(4,5)6)38-33(44)49-35(7,8)9)48-26-17-27(47-13-2)37-28-20(3)25(45-10)15-14-23(26)28/h14-15,17,21-22,24,29H,12-13,16,18-19H2,1-11H3,(H,38,44)(H,39,41). The number of ether oxygens (including phenoxy) is 5. The molecule has 270 valence electrons. The number of nitrogens with one attached hydrogen (secondary N) is 2. The first kappa shape index (κ1) is 37.5. The van der Waals surface area contributed by atoms with E-state index in [0.29, 0.717) is 47.7 Å². The van der Waals surface area contributed by atoms with Crippen LogP contribution in [0.5, 0.6) is 17.4 Å². The monoisotopic (exact) mass is 684 g/mol. The fourth-order valence-electron chi connectivity index (χ4n) is 6.45. The molecule has 1 saturated heterocycles. The van der Waals surface area contributed by atoms with Crippen LogP contribution in [0.4, 0.5) is 4.79 Å². The predicted octanol–water partition coefficient (Wildman–Crippen LogP) is 4.70. The third-order valence-electron chi connectivity index (χ3n) is 9.05. The molecule has 13 heteroatoms. The maximum Gasteiger partial charge on any atom is 0.408 e. The summed E-state index contributed by atoms with van der Waals surface area (Å²) >= 11 is 0. The van der Waals surface area contributed by atoms with Crippen LogP contribution in [0, 0.1) is 18.3 Å². The number of alkyl carbamates (subject to hydrolysis) is 1. The lowest BCUT2D eigenvalue weighted by atomic mass is 9.85. The van der Waals surface area contributed by atoms with E-state index in [4.69, 9.17) is 23.7 Å². The minimum absolute atomic E-state index is 0.0326. The molecule has 1 aliphatic heterocycles. The smallest absolute Gasteiger partial charge is 0.408 e. The predicted molar refractivity (Wildman–Crippen MR) is 183 cm³/mol. The number of esters is 1. The van der Waals surface area contributed by atoms with Crippen molar-refractivity contribution in [3.05, 3.63) is 23.8 Å². The number of amides is 3. The first-order valence-electron chi connectivity index (χ1n) is 16.9. The number of aromatic nitrogens is 1. The Hall–Kier alpha value is -4.29. The van der Waals surface area contributed by atoms with Crippen molar-refractivity contribution in [3.8, 4) is 17.4 Å². The number of likely N-dealkylation sites (tertiary alicyclic amines) is 1. The summed E-state index contributed by atoms with van der Waals surface area (Å²) in [6.45, 7) is 16.8. The molecule has 4 rings (SSSR count). The molecular weight excluding hydrogens is 632 g/mol. The van der Waals surface area contributed by atoms with Gasteiger partial charge in [0.25, 0.3) is 0 Å². The SMILES string of the molecule is CCOc1cc(OC2CC(C(=O)NC3(C(=O)OC)CC3CC)N(C(=O)C(NC(=O)OC(C)(C)C)C(C)(C)C)C2)c2ccc(OC)c(C)c2n1. The summed E-state index contributed by atoms with van der Waals surface area (Å²) in [6.07, 6.45) is -0.154. The highest BCUT2D eigenvalue weighted by Gasteiger charge is 2.62. The normalized spacial score (nSPS) is 22.6. The number of methoxy groups -OCH3 is 2. The maximum atomic E-state index is 14.4. The Morgan fingerprint density at radius 2 is 1.76 bits per heavy atom. The van der Waals surface area contributed by atoms with Gasteiger partial charge in [0.15, 0.2) is 0 Å². The lowest BCUT2D eigenvalue weighted by Crippen LogP contribution is -2.59. The van der Waals surface area contributed by atoms with Gasteiger partial charge in [-0.05, 0) is 64.5 Å². The van der Waals surface area contributed by atoms with Crippen molar-refractivity contribution in [3.63, 3.8) is 0 Å². The van der Waals surface area contributed by atoms with Crippen LogP contribution in [-0.4, -0.2) is 90.5 Å². The summed E-state index contributed by atoms with van der Waals surface area (Å²) in [5, 5.41) is 6.39. The highest BCUT2D eigenvalue weighted by molar-refractivity contribution is 5.96. The van der Waals surface area contributed by atoms with E-state index in [1.165, 1.54) is 12.0 Å². The van der Waals surface area contributed by atoms with Gasteiger partial charge in [-0.1, -0.05) is 34.1 Å². The minimum Gasteiger partial charge on any atom is -0.496 e. The molecule has 0 spiro atoms. The maximum absolute atomic E-state index is 14.4. The van der Waals surface area contributed by atoms with Crippen molar-refractivity contribution in [2.75, 3.05) is 27.4 Å². The number of hydrogen-bond acceptors (Lipinski definition) is 10. The van der Waals surface area contributed by atoms with Crippen LogP contribution in [0.15, 0.2) is 18.2 Å². The van der Waals surface area contributed by atoms with E-state index in [-0.39, 0.29) is 18.9 Å². The number of carbonyl (C=O) groups is 4. The third kappa shape index (κ3) is 8.13. The number of pyridine rings is 1. The van der Waals surface area contributed by atoms with Gasteiger partial charge < -0.3 is 39.2 Å². The summed E-state index contributed by atoms with van der Waals surface area (Å²) in [5.41, 5.74) is -1.26. The molecule has 0 radical (unpaired) electrons. The van der Waals surface area contributed by atoms with E-state index in [1.807, 2.05) is 53.7 Å². The second-order valence-electron chi connectivity index (χ2n) is 14.9. The Morgan fingerprint density at radius 3 is 2.31 bits per heavy atom. The van der Waals surface area contributed by atoms with Crippen molar-refractivity contribution in [2.45, 2.75) is 111 Å². The molecule has 5 atom stereocenters. The zero-order chi connectivity index (χ0) is 36.5. The second kappa shape index (κ2) is 14.3. The number of carbonyl (C=O) groups excluding carboxylic acids is 4. The largest absolute Gasteiger partial charge is 0.496 e. The van der Waals surface area contributed by atoms with E-state index in [2.05, 4.69) is 15.6 Å². The molecule has 13 nitrogen and oxygen atoms in total. The van der Waals surface area contributed by atoms with Crippen LogP contribution < -0.4 is 24.8 Å². The lowest BCUT2D eigenvalue weighted by molar-refractivity contribution is -0.148. The van der Waals surface area contributed by atoms with Gasteiger partial charge in [0.05, 0.1) is 32.9 Å². The molecule has 0 bridgehead atoms. The molecule has 3 amide bonds. The molecule has 1 aromatic carbocycles. The number of rotatable bonds is 11. The topological polar surface area (TPSA) is 155 Å². The molecule has 1 aliphatic carbocycles. The minimum atomic E-state index is -1.16. The van der Waals surface area contributed by atoms with Crippen molar-refractivity contribution in [2.24, 2.45) is 11.3 Å². The van der Waals surface area contributed by atoms with Crippen LogP contribution in [0.1, 0.15) is 80.2 Å². The highest BCUT2D eigenvalue weighted by atomic mass is 16.6. The Balaban J connectivity index is 1.72. The number of fused-ring (bicyclic) bond motifs is 1. The highest BCUT2D eigenvalue weighted by Crippen LogP contribution is 2.47.